The number of nitrogens with one attached hydrogen (secondary N) is 1. The van der Waals surface area contributed by atoms with Crippen LogP contribution in [0.4, 0.5) is 4.39 Å². The van der Waals surface area contributed by atoms with Gasteiger partial charge in [0.05, 0.1) is 11.9 Å². The molecule has 0 aliphatic rings. The molecule has 112 valence electrons. The SMILES string of the molecule is CC(CO)C(C)NC(=O)c1cnn(-c2ccc(F)cc2)n1. The molecule has 0 spiro atoms. The zero-order chi connectivity index (χ0) is 15.4. The Hall–Kier alpha value is -2.28. The average Bonchev–Trinajstić information content (AvgIpc) is 2.97. The highest BCUT2D eigenvalue weighted by Crippen LogP contribution is 2.07. The molecule has 1 amide bonds. The summed E-state index contributed by atoms with van der Waals surface area (Å²) in [6.07, 6.45) is 1.34. The van der Waals surface area contributed by atoms with Crippen LogP contribution in [0.15, 0.2) is 30.5 Å². The molecule has 21 heavy (non-hydrogen) atoms. The van der Waals surface area contributed by atoms with Crippen molar-refractivity contribution in [3.8, 4) is 5.69 Å². The minimum atomic E-state index is -0.365. The summed E-state index contributed by atoms with van der Waals surface area (Å²) in [7, 11) is 0. The van der Waals surface area contributed by atoms with Crippen LogP contribution in [-0.4, -0.2) is 38.7 Å². The number of rotatable bonds is 5. The van der Waals surface area contributed by atoms with E-state index in [9.17, 15) is 9.18 Å². The van der Waals surface area contributed by atoms with Crippen LogP contribution in [0.2, 0.25) is 0 Å². The van der Waals surface area contributed by atoms with Crippen molar-refractivity contribution in [1.29, 1.82) is 0 Å². The fraction of sp³-hybridized carbons (Fsp3) is 0.357. The number of aliphatic hydroxyl groups is 1. The van der Waals surface area contributed by atoms with Crippen LogP contribution in [0.5, 0.6) is 0 Å². The van der Waals surface area contributed by atoms with Crippen molar-refractivity contribution in [2.75, 3.05) is 6.61 Å². The molecule has 2 N–H and O–H groups in total. The molecule has 2 atom stereocenters. The van der Waals surface area contributed by atoms with Gasteiger partial charge in [-0.3, -0.25) is 4.79 Å². The van der Waals surface area contributed by atoms with E-state index in [1.807, 2.05) is 13.8 Å². The summed E-state index contributed by atoms with van der Waals surface area (Å²) in [6, 6.07) is 5.45. The summed E-state index contributed by atoms with van der Waals surface area (Å²) < 4.78 is 12.9. The Morgan fingerprint density at radius 2 is 2.05 bits per heavy atom. The first-order chi connectivity index (χ1) is 10.0. The van der Waals surface area contributed by atoms with E-state index in [1.165, 1.54) is 35.3 Å². The van der Waals surface area contributed by atoms with Crippen molar-refractivity contribution in [3.63, 3.8) is 0 Å². The summed E-state index contributed by atoms with van der Waals surface area (Å²) in [5.41, 5.74) is 0.725. The van der Waals surface area contributed by atoms with Gasteiger partial charge in [0.1, 0.15) is 5.82 Å². The van der Waals surface area contributed by atoms with Crippen molar-refractivity contribution in [2.24, 2.45) is 5.92 Å². The van der Waals surface area contributed by atoms with E-state index >= 15 is 0 Å². The lowest BCUT2D eigenvalue weighted by Gasteiger charge is -2.18. The van der Waals surface area contributed by atoms with Gasteiger partial charge in [-0.05, 0) is 37.1 Å². The van der Waals surface area contributed by atoms with Crippen LogP contribution in [0.25, 0.3) is 5.69 Å². The van der Waals surface area contributed by atoms with Crippen molar-refractivity contribution >= 4 is 5.91 Å². The lowest BCUT2D eigenvalue weighted by atomic mass is 10.1. The van der Waals surface area contributed by atoms with E-state index in [4.69, 9.17) is 5.11 Å². The van der Waals surface area contributed by atoms with E-state index in [0.717, 1.165) is 0 Å². The predicted octanol–water partition coefficient (Wildman–Crippen LogP) is 1.15. The number of hydrogen-bond acceptors (Lipinski definition) is 4. The topological polar surface area (TPSA) is 80.0 Å². The van der Waals surface area contributed by atoms with Gasteiger partial charge in [0.2, 0.25) is 0 Å². The fourth-order valence-corrected chi connectivity index (χ4v) is 1.65. The fourth-order valence-electron chi connectivity index (χ4n) is 1.65. The maximum absolute atomic E-state index is 12.9. The molecule has 1 aromatic carbocycles. The maximum atomic E-state index is 12.9. The minimum absolute atomic E-state index is 0.0102. The summed E-state index contributed by atoms with van der Waals surface area (Å²) in [5.74, 6) is -0.770. The molecule has 0 aliphatic carbocycles. The molecule has 6 nitrogen and oxygen atoms in total. The number of carbonyl (C=O) groups is 1. The van der Waals surface area contributed by atoms with Gasteiger partial charge in [-0.15, -0.1) is 5.10 Å². The molecule has 1 aromatic heterocycles. The Bertz CT molecular complexity index is 612. The molecule has 7 heteroatoms. The Balaban J connectivity index is 2.09. The smallest absolute Gasteiger partial charge is 0.273 e. The number of benzene rings is 1. The second-order valence-electron chi connectivity index (χ2n) is 4.92. The average molecular weight is 292 g/mol. The van der Waals surface area contributed by atoms with Gasteiger partial charge in [0, 0.05) is 12.6 Å². The first-order valence-electron chi connectivity index (χ1n) is 6.61. The zero-order valence-corrected chi connectivity index (χ0v) is 11.8. The van der Waals surface area contributed by atoms with E-state index in [2.05, 4.69) is 15.5 Å². The van der Waals surface area contributed by atoms with E-state index in [1.54, 1.807) is 0 Å². The van der Waals surface area contributed by atoms with Crippen molar-refractivity contribution < 1.29 is 14.3 Å². The predicted molar refractivity (Wildman–Crippen MR) is 74.5 cm³/mol. The lowest BCUT2D eigenvalue weighted by molar-refractivity contribution is 0.0911. The minimum Gasteiger partial charge on any atom is -0.396 e. The van der Waals surface area contributed by atoms with Crippen LogP contribution in [-0.2, 0) is 0 Å². The first kappa shape index (κ1) is 15.1. The monoisotopic (exact) mass is 292 g/mol. The largest absolute Gasteiger partial charge is 0.396 e. The third kappa shape index (κ3) is 3.63. The third-order valence-corrected chi connectivity index (χ3v) is 3.28. The normalized spacial score (nSPS) is 13.7. The maximum Gasteiger partial charge on any atom is 0.273 e. The standard InChI is InChI=1S/C14H17FN4O2/c1-9(8-20)10(2)17-14(21)13-7-16-19(18-13)12-5-3-11(15)4-6-12/h3-7,9-10,20H,8H2,1-2H3,(H,17,21). The molecule has 2 unspecified atom stereocenters. The second-order valence-corrected chi connectivity index (χ2v) is 4.92. The molecule has 0 fully saturated rings. The van der Waals surface area contributed by atoms with Crippen LogP contribution in [0.1, 0.15) is 24.3 Å². The lowest BCUT2D eigenvalue weighted by Crippen LogP contribution is -2.38. The van der Waals surface area contributed by atoms with Crippen LogP contribution in [0.3, 0.4) is 0 Å². The highest BCUT2D eigenvalue weighted by atomic mass is 19.1. The summed E-state index contributed by atoms with van der Waals surface area (Å²) >= 11 is 0. The van der Waals surface area contributed by atoms with Crippen molar-refractivity contribution in [3.05, 3.63) is 42.0 Å². The highest BCUT2D eigenvalue weighted by molar-refractivity contribution is 5.92. The summed E-state index contributed by atoms with van der Waals surface area (Å²) in [4.78, 5) is 13.3. The summed E-state index contributed by atoms with van der Waals surface area (Å²) in [5, 5.41) is 19.8. The zero-order valence-electron chi connectivity index (χ0n) is 11.8. The van der Waals surface area contributed by atoms with Gasteiger partial charge in [-0.25, -0.2) is 4.39 Å². The number of aromatic nitrogens is 3. The summed E-state index contributed by atoms with van der Waals surface area (Å²) in [6.45, 7) is 3.63. The van der Waals surface area contributed by atoms with Gasteiger partial charge in [0.25, 0.3) is 5.91 Å². The number of hydrogen-bond donors (Lipinski definition) is 2. The number of halogens is 1. The third-order valence-electron chi connectivity index (χ3n) is 3.28. The highest BCUT2D eigenvalue weighted by Gasteiger charge is 2.17. The van der Waals surface area contributed by atoms with Crippen molar-refractivity contribution in [1.82, 2.24) is 20.3 Å². The Labute approximate surface area is 121 Å². The van der Waals surface area contributed by atoms with Crippen LogP contribution in [0, 0.1) is 11.7 Å². The molecule has 2 rings (SSSR count). The van der Waals surface area contributed by atoms with Gasteiger partial charge in [-0.1, -0.05) is 6.92 Å². The number of nitrogens with zero attached hydrogens (tertiary/aromatic N) is 3. The van der Waals surface area contributed by atoms with Gasteiger partial charge >= 0.3 is 0 Å². The van der Waals surface area contributed by atoms with Crippen LogP contribution < -0.4 is 5.32 Å². The molecule has 1 heterocycles. The van der Waals surface area contributed by atoms with Gasteiger partial charge in [-0.2, -0.15) is 9.90 Å². The number of aliphatic hydroxyl groups excluding tert-OH is 1. The van der Waals surface area contributed by atoms with Gasteiger partial charge in [0.15, 0.2) is 5.69 Å². The molecule has 0 radical (unpaired) electrons. The molecule has 0 aliphatic heterocycles. The molecule has 2 aromatic rings. The van der Waals surface area contributed by atoms with E-state index < -0.39 is 0 Å². The molecule has 0 saturated heterocycles. The Morgan fingerprint density at radius 3 is 2.67 bits per heavy atom. The molecular weight excluding hydrogens is 275 g/mol. The molecule has 0 bridgehead atoms. The van der Waals surface area contributed by atoms with E-state index in [0.29, 0.717) is 5.69 Å². The molecular formula is C14H17FN4O2. The van der Waals surface area contributed by atoms with Gasteiger partial charge < -0.3 is 10.4 Å². The van der Waals surface area contributed by atoms with Crippen molar-refractivity contribution in [2.45, 2.75) is 19.9 Å². The van der Waals surface area contributed by atoms with Crippen LogP contribution >= 0.6 is 0 Å². The Morgan fingerprint density at radius 1 is 1.38 bits per heavy atom. The number of amides is 1. The first-order valence-corrected chi connectivity index (χ1v) is 6.61. The van der Waals surface area contributed by atoms with E-state index in [-0.39, 0.29) is 36.0 Å². The number of carbonyl (C=O) groups excluding carboxylic acids is 1. The Kier molecular flexibility index (Phi) is 4.64. The molecule has 0 saturated carbocycles. The second kappa shape index (κ2) is 6.45. The quantitative estimate of drug-likeness (QED) is 0.866.